The smallest absolute Gasteiger partial charge is 0.164 e. The Labute approximate surface area is 72.3 Å². The lowest BCUT2D eigenvalue weighted by Crippen LogP contribution is -2.32. The van der Waals surface area contributed by atoms with E-state index < -0.39 is 5.60 Å². The highest BCUT2D eigenvalue weighted by molar-refractivity contribution is 5.06. The minimum Gasteiger partial charge on any atom is -0.383 e. The average molecular weight is 170 g/mol. The third kappa shape index (κ3) is 2.18. The third-order valence-electron chi connectivity index (χ3n) is 2.15. The lowest BCUT2D eigenvalue weighted by molar-refractivity contribution is 0.0974. The molecule has 0 aromatic rings. The second-order valence-electron chi connectivity index (χ2n) is 3.16. The number of ether oxygens (including phenoxy) is 1. The molecule has 1 aliphatic rings. The van der Waals surface area contributed by atoms with Crippen molar-refractivity contribution >= 4 is 0 Å². The highest BCUT2D eigenvalue weighted by Crippen LogP contribution is 2.19. The highest BCUT2D eigenvalue weighted by atomic mass is 16.5. The maximum absolute atomic E-state index is 9.53. The van der Waals surface area contributed by atoms with E-state index in [9.17, 15) is 5.11 Å². The van der Waals surface area contributed by atoms with Crippen molar-refractivity contribution < 1.29 is 9.84 Å². The van der Waals surface area contributed by atoms with Gasteiger partial charge in [0.1, 0.15) is 0 Å². The lowest BCUT2D eigenvalue weighted by atomic mass is 10.1. The van der Waals surface area contributed by atoms with Gasteiger partial charge in [-0.05, 0) is 0 Å². The predicted molar refractivity (Wildman–Crippen MR) is 43.5 cm³/mol. The Balaban J connectivity index is 2.31. The zero-order valence-electron chi connectivity index (χ0n) is 7.29. The van der Waals surface area contributed by atoms with E-state index in [1.807, 2.05) is 11.0 Å². The van der Waals surface area contributed by atoms with Crippen LogP contribution >= 0.6 is 0 Å². The molecule has 1 heterocycles. The van der Waals surface area contributed by atoms with Crippen LogP contribution in [-0.2, 0) is 4.74 Å². The van der Waals surface area contributed by atoms with Crippen LogP contribution in [0.3, 0.4) is 0 Å². The Kier molecular flexibility index (Phi) is 3.04. The summed E-state index contributed by atoms with van der Waals surface area (Å²) >= 11 is 0. The van der Waals surface area contributed by atoms with E-state index in [-0.39, 0.29) is 0 Å². The molecule has 12 heavy (non-hydrogen) atoms. The van der Waals surface area contributed by atoms with Gasteiger partial charge in [0.05, 0.1) is 12.7 Å². The summed E-state index contributed by atoms with van der Waals surface area (Å²) in [5.74, 6) is 0. The third-order valence-corrected chi connectivity index (χ3v) is 2.15. The van der Waals surface area contributed by atoms with Gasteiger partial charge in [0.15, 0.2) is 5.60 Å². The largest absolute Gasteiger partial charge is 0.383 e. The van der Waals surface area contributed by atoms with E-state index >= 15 is 0 Å². The Hall–Kier alpha value is -0.630. The topological polar surface area (TPSA) is 56.5 Å². The Bertz CT molecular complexity index is 190. The average Bonchev–Trinajstić information content (AvgIpc) is 2.45. The molecule has 0 aromatic carbocycles. The van der Waals surface area contributed by atoms with Crippen LogP contribution in [0.5, 0.6) is 0 Å². The van der Waals surface area contributed by atoms with Crippen LogP contribution in [0.4, 0.5) is 0 Å². The Morgan fingerprint density at radius 1 is 1.75 bits per heavy atom. The van der Waals surface area contributed by atoms with Gasteiger partial charge in [0.25, 0.3) is 0 Å². The molecule has 0 bridgehead atoms. The molecule has 1 aliphatic heterocycles. The van der Waals surface area contributed by atoms with E-state index in [1.165, 1.54) is 0 Å². The fraction of sp³-hybridized carbons (Fsp3) is 0.875. The van der Waals surface area contributed by atoms with Gasteiger partial charge < -0.3 is 9.84 Å². The van der Waals surface area contributed by atoms with Gasteiger partial charge in [-0.15, -0.1) is 0 Å². The molecule has 0 aliphatic carbocycles. The van der Waals surface area contributed by atoms with Gasteiger partial charge >= 0.3 is 0 Å². The SMILES string of the molecule is COCCN1CCC(O)(C#N)C1. The zero-order valence-corrected chi connectivity index (χ0v) is 7.29. The van der Waals surface area contributed by atoms with Gasteiger partial charge in [-0.25, -0.2) is 0 Å². The van der Waals surface area contributed by atoms with E-state index in [1.54, 1.807) is 7.11 Å². The van der Waals surface area contributed by atoms with E-state index in [2.05, 4.69) is 0 Å². The molecule has 0 spiro atoms. The Morgan fingerprint density at radius 2 is 2.50 bits per heavy atom. The van der Waals surface area contributed by atoms with E-state index in [0.29, 0.717) is 19.6 Å². The molecule has 1 rings (SSSR count). The highest BCUT2D eigenvalue weighted by Gasteiger charge is 2.35. The number of methoxy groups -OCH3 is 1. The van der Waals surface area contributed by atoms with Gasteiger partial charge in [0.2, 0.25) is 0 Å². The molecule has 4 nitrogen and oxygen atoms in total. The summed E-state index contributed by atoms with van der Waals surface area (Å²) < 4.78 is 4.90. The summed E-state index contributed by atoms with van der Waals surface area (Å²) in [5, 5.41) is 18.1. The number of β-amino-alcohol motifs (C(OH)–C–C–N with tert-alkyl or cyclic N) is 1. The van der Waals surface area contributed by atoms with Crippen LogP contribution < -0.4 is 0 Å². The van der Waals surface area contributed by atoms with Crippen LogP contribution in [0.15, 0.2) is 0 Å². The molecular formula is C8H14N2O2. The van der Waals surface area contributed by atoms with Crippen LogP contribution in [0.1, 0.15) is 6.42 Å². The number of aliphatic hydroxyl groups is 1. The normalized spacial score (nSPS) is 30.4. The van der Waals surface area contributed by atoms with Crippen LogP contribution in [-0.4, -0.2) is 49.0 Å². The fourth-order valence-corrected chi connectivity index (χ4v) is 1.37. The van der Waals surface area contributed by atoms with Crippen molar-refractivity contribution in [1.82, 2.24) is 4.90 Å². The van der Waals surface area contributed by atoms with E-state index in [0.717, 1.165) is 13.1 Å². The standard InChI is InChI=1S/C8H14N2O2/c1-12-5-4-10-3-2-8(11,6-9)7-10/h11H,2-5,7H2,1H3. The molecule has 1 atom stereocenters. The van der Waals surface area contributed by atoms with E-state index in [4.69, 9.17) is 10.00 Å². The van der Waals surface area contributed by atoms with Crippen molar-refractivity contribution in [2.75, 3.05) is 33.4 Å². The predicted octanol–water partition coefficient (Wildman–Crippen LogP) is -0.407. The molecule has 0 radical (unpaired) electrons. The summed E-state index contributed by atoms with van der Waals surface area (Å²) in [6, 6.07) is 1.92. The quantitative estimate of drug-likeness (QED) is 0.585. The maximum Gasteiger partial charge on any atom is 0.164 e. The van der Waals surface area contributed by atoms with Gasteiger partial charge in [-0.3, -0.25) is 4.90 Å². The van der Waals surface area contributed by atoms with Crippen molar-refractivity contribution in [3.05, 3.63) is 0 Å². The molecule has 0 amide bonds. The van der Waals surface area contributed by atoms with Crippen LogP contribution in [0.2, 0.25) is 0 Å². The molecule has 1 unspecified atom stereocenters. The molecular weight excluding hydrogens is 156 g/mol. The van der Waals surface area contributed by atoms with Crippen molar-refractivity contribution in [2.24, 2.45) is 0 Å². The minimum absolute atomic E-state index is 0.451. The minimum atomic E-state index is -1.12. The van der Waals surface area contributed by atoms with Crippen molar-refractivity contribution in [2.45, 2.75) is 12.0 Å². The summed E-state index contributed by atoms with van der Waals surface area (Å²) in [7, 11) is 1.65. The number of hydrogen-bond donors (Lipinski definition) is 1. The molecule has 1 saturated heterocycles. The first-order valence-electron chi connectivity index (χ1n) is 4.05. The fourth-order valence-electron chi connectivity index (χ4n) is 1.37. The van der Waals surface area contributed by atoms with Crippen LogP contribution in [0.25, 0.3) is 0 Å². The summed E-state index contributed by atoms with van der Waals surface area (Å²) in [6.07, 6.45) is 0.549. The summed E-state index contributed by atoms with van der Waals surface area (Å²) in [6.45, 7) is 2.68. The second kappa shape index (κ2) is 3.85. The molecule has 1 fully saturated rings. The van der Waals surface area contributed by atoms with Crippen molar-refractivity contribution in [1.29, 1.82) is 5.26 Å². The summed E-state index contributed by atoms with van der Waals surface area (Å²) in [4.78, 5) is 2.03. The molecule has 0 saturated carbocycles. The number of nitriles is 1. The first-order chi connectivity index (χ1) is 5.70. The van der Waals surface area contributed by atoms with Gasteiger partial charge in [0, 0.05) is 33.2 Å². The van der Waals surface area contributed by atoms with Crippen molar-refractivity contribution in [3.63, 3.8) is 0 Å². The monoisotopic (exact) mass is 170 g/mol. The first-order valence-corrected chi connectivity index (χ1v) is 4.05. The maximum atomic E-state index is 9.53. The lowest BCUT2D eigenvalue weighted by Gasteiger charge is -2.15. The summed E-state index contributed by atoms with van der Waals surface area (Å²) in [5.41, 5.74) is -1.12. The van der Waals surface area contributed by atoms with Crippen LogP contribution in [0, 0.1) is 11.3 Å². The van der Waals surface area contributed by atoms with Gasteiger partial charge in [-0.2, -0.15) is 5.26 Å². The number of hydrogen-bond acceptors (Lipinski definition) is 4. The molecule has 1 N–H and O–H groups in total. The van der Waals surface area contributed by atoms with Gasteiger partial charge in [-0.1, -0.05) is 0 Å². The molecule has 0 aromatic heterocycles. The number of nitrogens with zero attached hydrogens (tertiary/aromatic N) is 2. The number of rotatable bonds is 3. The molecule has 68 valence electrons. The first kappa shape index (κ1) is 9.46. The van der Waals surface area contributed by atoms with Crippen molar-refractivity contribution in [3.8, 4) is 6.07 Å². The number of likely N-dealkylation sites (tertiary alicyclic amines) is 1. The second-order valence-corrected chi connectivity index (χ2v) is 3.16. The Morgan fingerprint density at radius 3 is 3.00 bits per heavy atom. The molecule has 4 heteroatoms. The zero-order chi connectivity index (χ0) is 9.03.